The molecule has 0 saturated carbocycles. The summed E-state index contributed by atoms with van der Waals surface area (Å²) in [5.41, 5.74) is 3.07. The number of aromatic nitrogens is 2. The Balaban J connectivity index is 0.000000724. The fraction of sp³-hybridized carbons (Fsp3) is 0.625. The number of aliphatic hydroxyl groups is 1. The minimum atomic E-state index is -0.318. The van der Waals surface area contributed by atoms with E-state index in [0.29, 0.717) is 23.6 Å². The van der Waals surface area contributed by atoms with E-state index in [1.54, 1.807) is 25.7 Å². The van der Waals surface area contributed by atoms with Gasteiger partial charge in [0.15, 0.2) is 0 Å². The number of nitrogens with zero attached hydrogens (tertiary/aromatic N) is 5. The number of aryl methyl sites for hydroxylation is 2. The predicted octanol–water partition coefficient (Wildman–Crippen LogP) is 6.81. The van der Waals surface area contributed by atoms with Crippen molar-refractivity contribution in [1.82, 2.24) is 19.8 Å². The molecule has 0 aliphatic carbocycles. The lowest BCUT2D eigenvalue weighted by Gasteiger charge is -2.16. The van der Waals surface area contributed by atoms with Gasteiger partial charge >= 0.3 is 0 Å². The zero-order chi connectivity index (χ0) is 34.4. The number of ether oxygens (including phenoxy) is 3. The summed E-state index contributed by atoms with van der Waals surface area (Å²) < 4.78 is 17.6. The Morgan fingerprint density at radius 3 is 1.93 bits per heavy atom. The van der Waals surface area contributed by atoms with Crippen LogP contribution in [0, 0.1) is 13.8 Å². The number of rotatable bonds is 16. The van der Waals surface area contributed by atoms with E-state index >= 15 is 0 Å². The summed E-state index contributed by atoms with van der Waals surface area (Å²) in [6.45, 7) is 20.0. The normalized spacial score (nSPS) is 12.3. The van der Waals surface area contributed by atoms with Crippen LogP contribution in [0.15, 0.2) is 35.9 Å². The number of pyridine rings is 2. The highest BCUT2D eigenvalue weighted by Crippen LogP contribution is 2.30. The fourth-order valence-electron chi connectivity index (χ4n) is 2.99. The van der Waals surface area contributed by atoms with Crippen LogP contribution >= 0.6 is 31.9 Å². The summed E-state index contributed by atoms with van der Waals surface area (Å²) in [5.74, 6) is 0.577. The molecule has 2 rings (SSSR count). The molecule has 45 heavy (non-hydrogen) atoms. The molecule has 2 heterocycles. The molecule has 0 radical (unpaired) electrons. The highest BCUT2D eigenvalue weighted by molar-refractivity contribution is 9.10. The Hall–Kier alpha value is -2.32. The third kappa shape index (κ3) is 19.7. The van der Waals surface area contributed by atoms with Crippen LogP contribution in [0.5, 0.6) is 5.88 Å². The zero-order valence-corrected chi connectivity index (χ0v) is 31.9. The Kier molecular flexibility index (Phi) is 23.6. The van der Waals surface area contributed by atoms with Crippen molar-refractivity contribution in [1.29, 1.82) is 0 Å². The van der Waals surface area contributed by atoms with Gasteiger partial charge in [0.05, 0.1) is 58.0 Å². The molecule has 13 heteroatoms. The molecule has 0 amide bonds. The number of aliphatic hydroxyl groups excluding tert-OH is 1. The van der Waals surface area contributed by atoms with E-state index in [1.807, 2.05) is 64.6 Å². The Morgan fingerprint density at radius 2 is 1.42 bits per heavy atom. The Bertz CT molecular complexity index is 1210. The molecular weight excluding hydrogens is 708 g/mol. The quantitative estimate of drug-likeness (QED) is 0.109. The van der Waals surface area contributed by atoms with Crippen molar-refractivity contribution < 1.29 is 19.3 Å². The topological polar surface area (TPSA) is 125 Å². The van der Waals surface area contributed by atoms with Gasteiger partial charge in [-0.05, 0) is 98.4 Å². The molecule has 0 bridgehead atoms. The van der Waals surface area contributed by atoms with Crippen LogP contribution < -0.4 is 10.3 Å². The van der Waals surface area contributed by atoms with Gasteiger partial charge in [-0.25, -0.2) is 15.0 Å². The SMILES string of the molecule is CCCOC[C@@H](C)O.CCCOC[C@@H](C)Oc1nc(C)c(N=CN(C)CC)cc1Br.CCN(C)C=Nc1cc(Br)c(=O)[nH]c1C. The van der Waals surface area contributed by atoms with Gasteiger partial charge in [0.1, 0.15) is 6.10 Å². The second-order valence-electron chi connectivity index (χ2n) is 10.4. The Morgan fingerprint density at radius 1 is 0.911 bits per heavy atom. The standard InChI is InChI=1S/C16H26BrN3O2.C10H14BrN3O.C6H14O2/c1-6-8-21-10-12(3)22-16-14(17)9-15(13(4)19-16)18-11-20(5)7-2;1-4-14(3)6-12-9-5-8(11)10(15)13-7(9)2;1-3-4-8-5-6(2)7/h9,11-12H,6-8,10H2,1-5H3;5-6H,4H2,1-3H3,(H,13,15);6-7H,3-5H2,1-2H3/t12-;;6-/m1.1/s1. The fourth-order valence-corrected chi connectivity index (χ4v) is 3.70. The van der Waals surface area contributed by atoms with Crippen LogP contribution in [0.3, 0.4) is 0 Å². The summed E-state index contributed by atoms with van der Waals surface area (Å²) in [7, 11) is 3.93. The second-order valence-corrected chi connectivity index (χ2v) is 12.1. The summed E-state index contributed by atoms with van der Waals surface area (Å²) >= 11 is 6.67. The van der Waals surface area contributed by atoms with Gasteiger partial charge in [0.25, 0.3) is 5.56 Å². The van der Waals surface area contributed by atoms with E-state index in [9.17, 15) is 4.79 Å². The highest BCUT2D eigenvalue weighted by Gasteiger charge is 2.12. The molecule has 0 aliphatic rings. The molecule has 0 spiro atoms. The molecule has 0 saturated heterocycles. The first-order valence-electron chi connectivity index (χ1n) is 15.3. The first-order chi connectivity index (χ1) is 21.3. The Labute approximate surface area is 286 Å². The van der Waals surface area contributed by atoms with E-state index in [4.69, 9.17) is 19.3 Å². The average molecular weight is 763 g/mol. The molecule has 2 N–H and O–H groups in total. The molecule has 256 valence electrons. The summed E-state index contributed by atoms with van der Waals surface area (Å²) in [5, 5.41) is 8.65. The van der Waals surface area contributed by atoms with E-state index < -0.39 is 0 Å². The van der Waals surface area contributed by atoms with Crippen LogP contribution in [0.4, 0.5) is 11.4 Å². The van der Waals surface area contributed by atoms with Gasteiger partial charge in [-0.2, -0.15) is 0 Å². The first kappa shape index (κ1) is 42.7. The third-order valence-electron chi connectivity index (χ3n) is 5.78. The average Bonchev–Trinajstić information content (AvgIpc) is 2.99. The number of nitrogens with one attached hydrogen (secondary N) is 1. The van der Waals surface area contributed by atoms with Crippen molar-refractivity contribution in [3.8, 4) is 5.88 Å². The van der Waals surface area contributed by atoms with Crippen LogP contribution in [-0.2, 0) is 9.47 Å². The number of hydrogen-bond donors (Lipinski definition) is 2. The molecule has 11 nitrogen and oxygen atoms in total. The van der Waals surface area contributed by atoms with E-state index in [1.165, 1.54) is 0 Å². The van der Waals surface area contributed by atoms with Gasteiger partial charge in [0.2, 0.25) is 5.88 Å². The lowest BCUT2D eigenvalue weighted by Crippen LogP contribution is -2.20. The van der Waals surface area contributed by atoms with Gasteiger partial charge in [-0.15, -0.1) is 0 Å². The van der Waals surface area contributed by atoms with E-state index in [2.05, 4.69) is 65.7 Å². The van der Waals surface area contributed by atoms with Crippen molar-refractivity contribution >= 4 is 55.9 Å². The molecule has 0 fully saturated rings. The largest absolute Gasteiger partial charge is 0.471 e. The lowest BCUT2D eigenvalue weighted by atomic mass is 10.3. The van der Waals surface area contributed by atoms with Crippen LogP contribution in [-0.4, -0.2) is 103 Å². The molecular formula is C32H54Br2N6O5. The van der Waals surface area contributed by atoms with Crippen molar-refractivity contribution in [3.05, 3.63) is 42.8 Å². The van der Waals surface area contributed by atoms with Crippen molar-refractivity contribution in [2.24, 2.45) is 9.98 Å². The monoisotopic (exact) mass is 760 g/mol. The molecule has 2 atom stereocenters. The minimum absolute atomic E-state index is 0.0460. The lowest BCUT2D eigenvalue weighted by molar-refractivity contribution is 0.0466. The van der Waals surface area contributed by atoms with Crippen molar-refractivity contribution in [3.63, 3.8) is 0 Å². The molecule has 2 aromatic rings. The van der Waals surface area contributed by atoms with Gasteiger partial charge < -0.3 is 34.1 Å². The number of hydrogen-bond acceptors (Lipinski definition) is 8. The van der Waals surface area contributed by atoms with Crippen LogP contribution in [0.2, 0.25) is 0 Å². The number of aliphatic imine (C=N–C) groups is 2. The predicted molar refractivity (Wildman–Crippen MR) is 193 cm³/mol. The second kappa shape index (κ2) is 24.9. The first-order valence-corrected chi connectivity index (χ1v) is 16.9. The smallest absolute Gasteiger partial charge is 0.262 e. The highest BCUT2D eigenvalue weighted by atomic mass is 79.9. The van der Waals surface area contributed by atoms with Crippen LogP contribution in [0.25, 0.3) is 0 Å². The molecule has 0 aliphatic heterocycles. The molecule has 2 aromatic heterocycles. The third-order valence-corrected chi connectivity index (χ3v) is 6.94. The maximum atomic E-state index is 11.2. The number of halogens is 2. The summed E-state index contributed by atoms with van der Waals surface area (Å²) in [6.07, 6.45) is 5.21. The minimum Gasteiger partial charge on any atom is -0.471 e. The van der Waals surface area contributed by atoms with Crippen LogP contribution in [0.1, 0.15) is 65.8 Å². The molecule has 0 unspecified atom stereocenters. The van der Waals surface area contributed by atoms with Gasteiger partial charge in [-0.1, -0.05) is 13.8 Å². The molecule has 0 aromatic carbocycles. The van der Waals surface area contributed by atoms with Gasteiger partial charge in [0, 0.05) is 46.1 Å². The zero-order valence-electron chi connectivity index (χ0n) is 28.7. The number of aromatic amines is 1. The number of H-pyrrole nitrogens is 1. The van der Waals surface area contributed by atoms with E-state index in [-0.39, 0.29) is 17.8 Å². The van der Waals surface area contributed by atoms with Gasteiger partial charge in [-0.3, -0.25) is 4.79 Å². The van der Waals surface area contributed by atoms with Crippen molar-refractivity contribution in [2.45, 2.75) is 80.4 Å². The van der Waals surface area contributed by atoms with E-state index in [0.717, 1.165) is 66.4 Å². The summed E-state index contributed by atoms with van der Waals surface area (Å²) in [6, 6.07) is 3.64. The maximum absolute atomic E-state index is 11.2. The summed E-state index contributed by atoms with van der Waals surface area (Å²) in [4.78, 5) is 31.1. The maximum Gasteiger partial charge on any atom is 0.262 e. The van der Waals surface area contributed by atoms with Crippen molar-refractivity contribution in [2.75, 3.05) is 53.6 Å².